The van der Waals surface area contributed by atoms with Gasteiger partial charge in [0, 0.05) is 23.2 Å². The highest BCUT2D eigenvalue weighted by Gasteiger charge is 2.29. The fraction of sp³-hybridized carbons (Fsp3) is 0.150. The van der Waals surface area contributed by atoms with Crippen LogP contribution < -0.4 is 10.6 Å². The van der Waals surface area contributed by atoms with Gasteiger partial charge in [-0.25, -0.2) is 0 Å². The van der Waals surface area contributed by atoms with Gasteiger partial charge < -0.3 is 10.6 Å². The van der Waals surface area contributed by atoms with Gasteiger partial charge in [-0.1, -0.05) is 110 Å². The smallest absolute Gasteiger partial charge is 0.252 e. The molecule has 0 aliphatic heterocycles. The van der Waals surface area contributed by atoms with Crippen LogP contribution in [-0.2, 0) is 0 Å². The first kappa shape index (κ1) is 25.3. The summed E-state index contributed by atoms with van der Waals surface area (Å²) in [4.78, 5) is 27.8. The number of rotatable bonds is 4. The zero-order chi connectivity index (χ0) is 29.4. The summed E-state index contributed by atoms with van der Waals surface area (Å²) in [5.41, 5.74) is 1.36. The number of carbonyl (C=O) groups is 2. The number of benzene rings is 8. The van der Waals surface area contributed by atoms with Gasteiger partial charge >= 0.3 is 0 Å². The summed E-state index contributed by atoms with van der Waals surface area (Å²) in [6.07, 6.45) is 3.71. The maximum Gasteiger partial charge on any atom is 0.252 e. The van der Waals surface area contributed by atoms with E-state index in [9.17, 15) is 9.59 Å². The van der Waals surface area contributed by atoms with Crippen molar-refractivity contribution in [2.24, 2.45) is 0 Å². The van der Waals surface area contributed by atoms with Crippen molar-refractivity contribution in [1.29, 1.82) is 0 Å². The Hall–Kier alpha value is -5.22. The number of carbonyl (C=O) groups excluding carboxylic acids is 2. The molecule has 4 nitrogen and oxygen atoms in total. The van der Waals surface area contributed by atoms with Crippen molar-refractivity contribution >= 4 is 76.4 Å². The standard InChI is InChI=1S/C40H30N2O2/c43-39(31-21-17-27-13-11-23-5-3-7-25-15-19-29(31)37(27)35(23)25)41-33-9-1-2-10-34(33)42-40(44)32-22-18-28-14-12-24-6-4-8-26-16-20-30(32)38(28)36(24)26/h3-8,11-22,33-34H,1-2,9-10H2,(H,41,43)(H,42,44)/t33-,34-/m1/s1. The second-order valence-corrected chi connectivity index (χ2v) is 12.4. The van der Waals surface area contributed by atoms with Gasteiger partial charge in [0.15, 0.2) is 0 Å². The number of hydrogen-bond acceptors (Lipinski definition) is 2. The fourth-order valence-corrected chi connectivity index (χ4v) is 7.84. The summed E-state index contributed by atoms with van der Waals surface area (Å²) in [7, 11) is 0. The summed E-state index contributed by atoms with van der Waals surface area (Å²) in [6.45, 7) is 0. The summed E-state index contributed by atoms with van der Waals surface area (Å²) >= 11 is 0. The maximum absolute atomic E-state index is 13.9. The molecule has 1 aliphatic rings. The monoisotopic (exact) mass is 570 g/mol. The quantitative estimate of drug-likeness (QED) is 0.208. The predicted molar refractivity (Wildman–Crippen MR) is 181 cm³/mol. The number of nitrogens with one attached hydrogen (secondary N) is 2. The van der Waals surface area contributed by atoms with Crippen LogP contribution in [0.1, 0.15) is 46.4 Å². The van der Waals surface area contributed by atoms with E-state index in [1.165, 1.54) is 32.3 Å². The Bertz CT molecular complexity index is 2210. The molecule has 2 atom stereocenters. The third-order valence-corrected chi connectivity index (χ3v) is 9.95. The fourth-order valence-electron chi connectivity index (χ4n) is 7.84. The first-order valence-corrected chi connectivity index (χ1v) is 15.6. The maximum atomic E-state index is 13.9. The highest BCUT2D eigenvalue weighted by Crippen LogP contribution is 2.37. The van der Waals surface area contributed by atoms with E-state index >= 15 is 0 Å². The minimum Gasteiger partial charge on any atom is -0.347 e. The Morgan fingerprint density at radius 1 is 0.432 bits per heavy atom. The molecule has 1 saturated carbocycles. The lowest BCUT2D eigenvalue weighted by molar-refractivity contribution is 0.0864. The number of hydrogen-bond donors (Lipinski definition) is 2. The molecule has 2 amide bonds. The van der Waals surface area contributed by atoms with Gasteiger partial charge in [-0.05, 0) is 89.6 Å². The van der Waals surface area contributed by atoms with Crippen molar-refractivity contribution in [2.75, 3.05) is 0 Å². The first-order chi connectivity index (χ1) is 21.6. The second-order valence-electron chi connectivity index (χ2n) is 12.4. The van der Waals surface area contributed by atoms with Crippen LogP contribution in [0, 0.1) is 0 Å². The average molecular weight is 571 g/mol. The molecular formula is C40H30N2O2. The van der Waals surface area contributed by atoms with Crippen LogP contribution in [0.2, 0.25) is 0 Å². The third-order valence-electron chi connectivity index (χ3n) is 9.95. The Morgan fingerprint density at radius 2 is 0.773 bits per heavy atom. The molecule has 8 aromatic carbocycles. The molecule has 1 fully saturated rings. The molecule has 0 bridgehead atoms. The topological polar surface area (TPSA) is 58.2 Å². The molecule has 0 saturated heterocycles. The molecule has 0 spiro atoms. The summed E-state index contributed by atoms with van der Waals surface area (Å²) in [5, 5.41) is 20.3. The molecule has 0 aromatic heterocycles. The van der Waals surface area contributed by atoms with Gasteiger partial charge in [-0.2, -0.15) is 0 Å². The van der Waals surface area contributed by atoms with Crippen LogP contribution in [0.25, 0.3) is 64.6 Å². The average Bonchev–Trinajstić information content (AvgIpc) is 3.06. The normalized spacial score (nSPS) is 17.4. The molecule has 8 aromatic rings. The van der Waals surface area contributed by atoms with E-state index in [4.69, 9.17) is 0 Å². The van der Waals surface area contributed by atoms with E-state index in [1.54, 1.807) is 0 Å². The van der Waals surface area contributed by atoms with Crippen molar-refractivity contribution in [3.05, 3.63) is 120 Å². The zero-order valence-electron chi connectivity index (χ0n) is 24.2. The van der Waals surface area contributed by atoms with Gasteiger partial charge in [0.1, 0.15) is 0 Å². The van der Waals surface area contributed by atoms with Crippen molar-refractivity contribution in [1.82, 2.24) is 10.6 Å². The van der Waals surface area contributed by atoms with Crippen LogP contribution in [0.4, 0.5) is 0 Å². The van der Waals surface area contributed by atoms with E-state index < -0.39 is 0 Å². The molecule has 212 valence electrons. The van der Waals surface area contributed by atoms with Gasteiger partial charge in [-0.15, -0.1) is 0 Å². The summed E-state index contributed by atoms with van der Waals surface area (Å²) in [6, 6.07) is 37.3. The molecule has 4 heteroatoms. The van der Waals surface area contributed by atoms with E-state index in [1.807, 2.05) is 12.1 Å². The largest absolute Gasteiger partial charge is 0.347 e. The van der Waals surface area contributed by atoms with E-state index in [-0.39, 0.29) is 23.9 Å². The van der Waals surface area contributed by atoms with Crippen LogP contribution in [0.5, 0.6) is 0 Å². The Labute approximate surface area is 254 Å². The lowest BCUT2D eigenvalue weighted by atomic mass is 9.88. The lowest BCUT2D eigenvalue weighted by Crippen LogP contribution is -2.53. The highest BCUT2D eigenvalue weighted by molar-refractivity contribution is 6.27. The lowest BCUT2D eigenvalue weighted by Gasteiger charge is -2.33. The predicted octanol–water partition coefficient (Wildman–Crippen LogP) is 8.95. The molecule has 1 aliphatic carbocycles. The van der Waals surface area contributed by atoms with Gasteiger partial charge in [-0.3, -0.25) is 9.59 Å². The van der Waals surface area contributed by atoms with Crippen molar-refractivity contribution in [3.8, 4) is 0 Å². The van der Waals surface area contributed by atoms with Crippen molar-refractivity contribution in [2.45, 2.75) is 37.8 Å². The van der Waals surface area contributed by atoms with E-state index in [0.717, 1.165) is 58.0 Å². The van der Waals surface area contributed by atoms with Gasteiger partial charge in [0.05, 0.1) is 0 Å². The highest BCUT2D eigenvalue weighted by atomic mass is 16.2. The van der Waals surface area contributed by atoms with Crippen molar-refractivity contribution < 1.29 is 9.59 Å². The van der Waals surface area contributed by atoms with Crippen LogP contribution in [0.3, 0.4) is 0 Å². The van der Waals surface area contributed by atoms with Crippen LogP contribution in [0.15, 0.2) is 109 Å². The molecule has 9 rings (SSSR count). The van der Waals surface area contributed by atoms with E-state index in [2.05, 4.69) is 108 Å². The zero-order valence-corrected chi connectivity index (χ0v) is 24.2. The Balaban J connectivity index is 1.04. The molecule has 2 N–H and O–H groups in total. The molecule has 0 heterocycles. The van der Waals surface area contributed by atoms with Crippen molar-refractivity contribution in [3.63, 3.8) is 0 Å². The summed E-state index contributed by atoms with van der Waals surface area (Å²) in [5.74, 6) is -0.173. The van der Waals surface area contributed by atoms with Gasteiger partial charge in [0.25, 0.3) is 11.8 Å². The first-order valence-electron chi connectivity index (χ1n) is 15.6. The van der Waals surface area contributed by atoms with E-state index in [0.29, 0.717) is 11.1 Å². The molecule has 0 unspecified atom stereocenters. The Kier molecular flexibility index (Phi) is 5.55. The van der Waals surface area contributed by atoms with Gasteiger partial charge in [0.2, 0.25) is 0 Å². The SMILES string of the molecule is O=C(N[C@@H]1CCCC[C@H]1NC(=O)c1ccc2ccc3cccc4ccc1c2c34)c1ccc2ccc3cccc4ccc1c2c34. The number of amides is 2. The second kappa shape index (κ2) is 9.65. The minimum atomic E-state index is -0.140. The van der Waals surface area contributed by atoms with Crippen LogP contribution in [-0.4, -0.2) is 23.9 Å². The summed E-state index contributed by atoms with van der Waals surface area (Å²) < 4.78 is 0. The molecule has 44 heavy (non-hydrogen) atoms. The molecular weight excluding hydrogens is 540 g/mol. The minimum absolute atomic E-state index is 0.0863. The van der Waals surface area contributed by atoms with Crippen LogP contribution >= 0.6 is 0 Å². The Morgan fingerprint density at radius 3 is 1.18 bits per heavy atom. The third kappa shape index (κ3) is 3.77. The molecule has 0 radical (unpaired) electrons.